The average molecular weight is 444 g/mol. The maximum atomic E-state index is 14.0. The first kappa shape index (κ1) is 22.6. The van der Waals surface area contributed by atoms with Crippen molar-refractivity contribution < 1.29 is 23.4 Å². The summed E-state index contributed by atoms with van der Waals surface area (Å²) in [5, 5.41) is 24.8. The van der Waals surface area contributed by atoms with Crippen LogP contribution in [0, 0.1) is 0 Å². The molecule has 2 N–H and O–H groups in total. The molecule has 0 aliphatic carbocycles. The van der Waals surface area contributed by atoms with Gasteiger partial charge in [0.05, 0.1) is 5.56 Å². The molecule has 3 aromatic carbocycles. The van der Waals surface area contributed by atoms with Crippen LogP contribution in [0.25, 0.3) is 10.8 Å². The third-order valence-electron chi connectivity index (χ3n) is 6.45. The van der Waals surface area contributed by atoms with Crippen LogP contribution in [0.15, 0.2) is 60.7 Å². The van der Waals surface area contributed by atoms with Gasteiger partial charge in [0.15, 0.2) is 11.8 Å². The number of fused-ring (bicyclic) bond motifs is 2. The van der Waals surface area contributed by atoms with Gasteiger partial charge in [0.1, 0.15) is 0 Å². The first-order valence-corrected chi connectivity index (χ1v) is 10.8. The fourth-order valence-corrected chi connectivity index (χ4v) is 4.65. The van der Waals surface area contributed by atoms with E-state index in [-0.39, 0.29) is 23.4 Å². The molecule has 4 nitrogen and oxygen atoms in total. The van der Waals surface area contributed by atoms with Gasteiger partial charge in [-0.05, 0) is 47.6 Å². The smallest absolute Gasteiger partial charge is 0.376 e. The third kappa shape index (κ3) is 3.64. The highest BCUT2D eigenvalue weighted by atomic mass is 19.4. The monoisotopic (exact) mass is 444 g/mol. The van der Waals surface area contributed by atoms with E-state index in [1.807, 2.05) is 38.1 Å². The summed E-state index contributed by atoms with van der Waals surface area (Å²) >= 11 is 0. The first-order chi connectivity index (χ1) is 15.2. The Morgan fingerprint density at radius 1 is 0.969 bits per heavy atom. The van der Waals surface area contributed by atoms with Crippen molar-refractivity contribution in [2.45, 2.75) is 31.9 Å². The van der Waals surface area contributed by atoms with Gasteiger partial charge in [-0.2, -0.15) is 13.2 Å². The maximum absolute atomic E-state index is 14.0. The normalized spacial score (nSPS) is 20.9. The van der Waals surface area contributed by atoms with Crippen molar-refractivity contribution in [1.82, 2.24) is 4.90 Å². The summed E-state index contributed by atoms with van der Waals surface area (Å²) in [5.74, 6) is 0. The van der Waals surface area contributed by atoms with Gasteiger partial charge in [-0.3, -0.25) is 0 Å². The Bertz CT molecular complexity index is 1110. The number of aliphatic hydroxyl groups excluding tert-OH is 1. The SMILES string of the molecule is CCN(CC)CCN1c2cccc(C(F)(F)F)c2C(O)(c2ccc3ccccc3c2)C1O. The van der Waals surface area contributed by atoms with Gasteiger partial charge in [-0.25, -0.2) is 0 Å². The van der Waals surface area contributed by atoms with Crippen molar-refractivity contribution in [1.29, 1.82) is 0 Å². The number of halogens is 3. The molecule has 0 saturated heterocycles. The van der Waals surface area contributed by atoms with E-state index in [0.29, 0.717) is 6.54 Å². The van der Waals surface area contributed by atoms with E-state index in [0.717, 1.165) is 29.9 Å². The molecule has 0 fully saturated rings. The first-order valence-electron chi connectivity index (χ1n) is 10.8. The quantitative estimate of drug-likeness (QED) is 0.585. The lowest BCUT2D eigenvalue weighted by Crippen LogP contribution is -2.48. The van der Waals surface area contributed by atoms with Gasteiger partial charge in [-0.15, -0.1) is 0 Å². The fraction of sp³-hybridized carbons (Fsp3) is 0.360. The summed E-state index contributed by atoms with van der Waals surface area (Å²) in [5.41, 5.74) is -3.03. The zero-order chi connectivity index (χ0) is 23.1. The fourth-order valence-electron chi connectivity index (χ4n) is 4.65. The Hall–Kier alpha value is -2.61. The van der Waals surface area contributed by atoms with Gasteiger partial charge >= 0.3 is 6.18 Å². The predicted molar refractivity (Wildman–Crippen MR) is 120 cm³/mol. The van der Waals surface area contributed by atoms with Crippen LogP contribution in [0.1, 0.15) is 30.5 Å². The molecule has 7 heteroatoms. The molecule has 1 aliphatic rings. The summed E-state index contributed by atoms with van der Waals surface area (Å²) in [6.45, 7) is 6.41. The minimum atomic E-state index is -4.68. The lowest BCUT2D eigenvalue weighted by atomic mass is 9.83. The Morgan fingerprint density at radius 3 is 2.31 bits per heavy atom. The summed E-state index contributed by atoms with van der Waals surface area (Å²) in [4.78, 5) is 3.60. The second-order valence-corrected chi connectivity index (χ2v) is 8.12. The van der Waals surface area contributed by atoms with Gasteiger partial charge in [0.2, 0.25) is 0 Å². The number of nitrogens with zero attached hydrogens (tertiary/aromatic N) is 2. The molecule has 0 aromatic heterocycles. The van der Waals surface area contributed by atoms with Gasteiger partial charge < -0.3 is 20.0 Å². The zero-order valence-corrected chi connectivity index (χ0v) is 18.1. The highest BCUT2D eigenvalue weighted by molar-refractivity contribution is 5.84. The van der Waals surface area contributed by atoms with Crippen LogP contribution in [0.4, 0.5) is 18.9 Å². The van der Waals surface area contributed by atoms with Crippen LogP contribution in [-0.2, 0) is 11.8 Å². The molecule has 1 aliphatic heterocycles. The minimum Gasteiger partial charge on any atom is -0.376 e. The highest BCUT2D eigenvalue weighted by Gasteiger charge is 2.55. The summed E-state index contributed by atoms with van der Waals surface area (Å²) < 4.78 is 42.0. The Morgan fingerprint density at radius 2 is 1.66 bits per heavy atom. The molecule has 0 radical (unpaired) electrons. The molecular weight excluding hydrogens is 417 g/mol. The van der Waals surface area contributed by atoms with Crippen molar-refractivity contribution in [2.75, 3.05) is 31.1 Å². The van der Waals surface area contributed by atoms with Gasteiger partial charge in [0.25, 0.3) is 0 Å². The number of anilines is 1. The molecular formula is C25H27F3N2O2. The van der Waals surface area contributed by atoms with Crippen molar-refractivity contribution in [3.63, 3.8) is 0 Å². The molecule has 0 amide bonds. The average Bonchev–Trinajstić information content (AvgIpc) is 3.01. The number of rotatable bonds is 6. The predicted octanol–water partition coefficient (Wildman–Crippen LogP) is 4.57. The second kappa shape index (κ2) is 8.39. The summed E-state index contributed by atoms with van der Waals surface area (Å²) in [6.07, 6.45) is -6.23. The lowest BCUT2D eigenvalue weighted by Gasteiger charge is -2.33. The number of benzene rings is 3. The Kier molecular flexibility index (Phi) is 5.92. The number of likely N-dealkylation sites (N-methyl/N-ethyl adjacent to an activating group) is 1. The number of aliphatic hydroxyl groups is 2. The largest absolute Gasteiger partial charge is 0.416 e. The highest BCUT2D eigenvalue weighted by Crippen LogP contribution is 2.52. The van der Waals surface area contributed by atoms with Crippen molar-refractivity contribution in [2.24, 2.45) is 0 Å². The van der Waals surface area contributed by atoms with E-state index in [1.54, 1.807) is 18.2 Å². The molecule has 170 valence electrons. The number of hydrogen-bond donors (Lipinski definition) is 2. The van der Waals surface area contributed by atoms with Crippen LogP contribution >= 0.6 is 0 Å². The standard InChI is InChI=1S/C25H27F3N2O2/c1-3-29(4-2)14-15-30-21-11-7-10-20(25(26,27)28)22(21)24(32,23(30)31)19-13-12-17-8-5-6-9-18(17)16-19/h5-13,16,23,31-32H,3-4,14-15H2,1-2H3. The van der Waals surface area contributed by atoms with Crippen molar-refractivity contribution >= 4 is 16.5 Å². The molecule has 0 saturated carbocycles. The van der Waals surface area contributed by atoms with Crippen molar-refractivity contribution in [3.8, 4) is 0 Å². The van der Waals surface area contributed by atoms with E-state index < -0.39 is 23.6 Å². The molecule has 0 bridgehead atoms. The molecule has 32 heavy (non-hydrogen) atoms. The van der Waals surface area contributed by atoms with Gasteiger partial charge in [-0.1, -0.05) is 56.3 Å². The molecule has 2 atom stereocenters. The molecule has 1 heterocycles. The van der Waals surface area contributed by atoms with E-state index >= 15 is 0 Å². The number of alkyl halides is 3. The maximum Gasteiger partial charge on any atom is 0.416 e. The van der Waals surface area contributed by atoms with E-state index in [1.165, 1.54) is 17.0 Å². The van der Waals surface area contributed by atoms with Crippen LogP contribution in [0.2, 0.25) is 0 Å². The number of hydrogen-bond acceptors (Lipinski definition) is 4. The zero-order valence-electron chi connectivity index (χ0n) is 18.1. The lowest BCUT2D eigenvalue weighted by molar-refractivity contribution is -0.141. The molecule has 2 unspecified atom stereocenters. The van der Waals surface area contributed by atoms with E-state index in [9.17, 15) is 23.4 Å². The van der Waals surface area contributed by atoms with Crippen LogP contribution < -0.4 is 4.90 Å². The van der Waals surface area contributed by atoms with Crippen LogP contribution in [-0.4, -0.2) is 47.5 Å². The summed E-state index contributed by atoms with van der Waals surface area (Å²) in [7, 11) is 0. The van der Waals surface area contributed by atoms with E-state index in [2.05, 4.69) is 4.90 Å². The van der Waals surface area contributed by atoms with Crippen molar-refractivity contribution in [3.05, 3.63) is 77.4 Å². The van der Waals surface area contributed by atoms with Crippen LogP contribution in [0.5, 0.6) is 0 Å². The molecule has 4 rings (SSSR count). The third-order valence-corrected chi connectivity index (χ3v) is 6.45. The van der Waals surface area contributed by atoms with E-state index in [4.69, 9.17) is 0 Å². The molecule has 0 spiro atoms. The second-order valence-electron chi connectivity index (χ2n) is 8.12. The van der Waals surface area contributed by atoms with Crippen LogP contribution in [0.3, 0.4) is 0 Å². The minimum absolute atomic E-state index is 0.204. The summed E-state index contributed by atoms with van der Waals surface area (Å²) in [6, 6.07) is 16.2. The van der Waals surface area contributed by atoms with Gasteiger partial charge in [0, 0.05) is 24.3 Å². The molecule has 3 aromatic rings. The Labute approximate surface area is 185 Å². The Balaban J connectivity index is 1.89. The topological polar surface area (TPSA) is 46.9 Å².